The van der Waals surface area contributed by atoms with Crippen molar-refractivity contribution in [2.24, 2.45) is 5.41 Å². The maximum Gasteiger partial charge on any atom is 0.331 e. The van der Waals surface area contributed by atoms with Crippen molar-refractivity contribution in [1.29, 1.82) is 0 Å². The molecule has 0 fully saturated rings. The average molecular weight is 371 g/mol. The minimum atomic E-state index is -0.419. The van der Waals surface area contributed by atoms with Gasteiger partial charge in [0, 0.05) is 31.9 Å². The second kappa shape index (κ2) is 10.2. The highest BCUT2D eigenvalue weighted by molar-refractivity contribution is 5.09. The minimum absolute atomic E-state index is 0.00590. The smallest absolute Gasteiger partial charge is 0.331 e. The molecule has 1 aromatic heterocycles. The van der Waals surface area contributed by atoms with Crippen molar-refractivity contribution in [3.8, 4) is 5.88 Å². The molecule has 0 radical (unpaired) electrons. The number of aliphatic hydroxyl groups excluding tert-OH is 1. The standard InChI is InChI=1S/C20H38N2O4/c1-6-21-15-17(24)22(18(21)25)20(4,5)12-8-10-14-26-13-9-7-11-19(2,3)16-23/h15,23-24H,6-14,16H2,1-5H3. The molecular formula is C20H38N2O4. The maximum atomic E-state index is 12.3. The predicted octanol–water partition coefficient (Wildman–Crippen LogP) is 3.49. The topological polar surface area (TPSA) is 76.6 Å². The summed E-state index contributed by atoms with van der Waals surface area (Å²) < 4.78 is 8.70. The molecule has 0 saturated heterocycles. The Balaban J connectivity index is 2.25. The molecule has 0 aromatic carbocycles. The molecular weight excluding hydrogens is 332 g/mol. The van der Waals surface area contributed by atoms with E-state index in [9.17, 15) is 15.0 Å². The highest BCUT2D eigenvalue weighted by Gasteiger charge is 2.26. The lowest BCUT2D eigenvalue weighted by atomic mass is 9.88. The predicted molar refractivity (Wildman–Crippen MR) is 105 cm³/mol. The van der Waals surface area contributed by atoms with E-state index in [1.54, 1.807) is 0 Å². The fourth-order valence-corrected chi connectivity index (χ4v) is 3.14. The number of imidazole rings is 1. The van der Waals surface area contributed by atoms with Gasteiger partial charge in [0.2, 0.25) is 5.88 Å². The van der Waals surface area contributed by atoms with Crippen LogP contribution in [0.2, 0.25) is 0 Å². The lowest BCUT2D eigenvalue weighted by Crippen LogP contribution is -2.36. The number of nitrogens with zero attached hydrogens (tertiary/aromatic N) is 2. The normalized spacial score (nSPS) is 12.7. The summed E-state index contributed by atoms with van der Waals surface area (Å²) in [5.41, 5.74) is -0.569. The summed E-state index contributed by atoms with van der Waals surface area (Å²) in [6.45, 7) is 12.3. The van der Waals surface area contributed by atoms with Crippen LogP contribution in [0.3, 0.4) is 0 Å². The summed E-state index contributed by atoms with van der Waals surface area (Å²) >= 11 is 0. The summed E-state index contributed by atoms with van der Waals surface area (Å²) in [5, 5.41) is 19.3. The van der Waals surface area contributed by atoms with Gasteiger partial charge in [0.05, 0.1) is 6.20 Å². The third-order valence-corrected chi connectivity index (χ3v) is 5.03. The van der Waals surface area contributed by atoms with Crippen LogP contribution in [0.15, 0.2) is 11.0 Å². The fraction of sp³-hybridized carbons (Fsp3) is 0.850. The van der Waals surface area contributed by atoms with Gasteiger partial charge in [-0.3, -0.25) is 9.13 Å². The largest absolute Gasteiger partial charge is 0.493 e. The Morgan fingerprint density at radius 2 is 1.62 bits per heavy atom. The number of aromatic hydroxyl groups is 1. The Kier molecular flexibility index (Phi) is 8.90. The van der Waals surface area contributed by atoms with Crippen LogP contribution in [0.5, 0.6) is 5.88 Å². The van der Waals surface area contributed by atoms with E-state index in [-0.39, 0.29) is 23.6 Å². The van der Waals surface area contributed by atoms with Crippen LogP contribution in [0.1, 0.15) is 73.1 Å². The van der Waals surface area contributed by atoms with Gasteiger partial charge < -0.3 is 14.9 Å². The zero-order valence-electron chi connectivity index (χ0n) is 17.3. The third kappa shape index (κ3) is 6.80. The van der Waals surface area contributed by atoms with Gasteiger partial charge in [0.15, 0.2) is 0 Å². The van der Waals surface area contributed by atoms with Crippen LogP contribution < -0.4 is 5.69 Å². The quantitative estimate of drug-likeness (QED) is 0.521. The van der Waals surface area contributed by atoms with Crippen LogP contribution >= 0.6 is 0 Å². The first-order chi connectivity index (χ1) is 12.1. The summed E-state index contributed by atoms with van der Waals surface area (Å²) in [5.74, 6) is 0.0314. The molecule has 0 aliphatic rings. The highest BCUT2D eigenvalue weighted by atomic mass is 16.5. The molecule has 1 aromatic rings. The maximum absolute atomic E-state index is 12.3. The summed E-state index contributed by atoms with van der Waals surface area (Å²) in [7, 11) is 0. The van der Waals surface area contributed by atoms with Crippen LogP contribution in [-0.4, -0.2) is 39.2 Å². The summed E-state index contributed by atoms with van der Waals surface area (Å²) in [6.07, 6.45) is 7.29. The first-order valence-electron chi connectivity index (χ1n) is 9.85. The Hall–Kier alpha value is -1.27. The van der Waals surface area contributed by atoms with Gasteiger partial charge in [0.25, 0.3) is 0 Å². The molecule has 0 aliphatic carbocycles. The number of aromatic nitrogens is 2. The number of unbranched alkanes of at least 4 members (excludes halogenated alkanes) is 2. The van der Waals surface area contributed by atoms with Gasteiger partial charge in [-0.1, -0.05) is 20.3 Å². The van der Waals surface area contributed by atoms with E-state index in [4.69, 9.17) is 4.74 Å². The molecule has 152 valence electrons. The van der Waals surface area contributed by atoms with Gasteiger partial charge in [-0.15, -0.1) is 0 Å². The van der Waals surface area contributed by atoms with Crippen LogP contribution in [0.4, 0.5) is 0 Å². The SMILES string of the molecule is CCn1cc(O)n(C(C)(C)CCCCOCCCCC(C)(C)CO)c1=O. The van der Waals surface area contributed by atoms with Crippen LogP contribution in [0, 0.1) is 5.41 Å². The van der Waals surface area contributed by atoms with E-state index in [1.807, 2.05) is 20.8 Å². The van der Waals surface area contributed by atoms with Crippen LogP contribution in [0.25, 0.3) is 0 Å². The average Bonchev–Trinajstić information content (AvgIpc) is 2.87. The zero-order chi connectivity index (χ0) is 19.8. The summed E-state index contributed by atoms with van der Waals surface area (Å²) in [6, 6.07) is 0. The minimum Gasteiger partial charge on any atom is -0.493 e. The van der Waals surface area contributed by atoms with E-state index in [0.717, 1.165) is 51.7 Å². The Labute approximate surface area is 157 Å². The lowest BCUT2D eigenvalue weighted by Gasteiger charge is -2.26. The van der Waals surface area contributed by atoms with E-state index in [0.29, 0.717) is 6.54 Å². The first-order valence-corrected chi connectivity index (χ1v) is 9.85. The second-order valence-electron chi connectivity index (χ2n) is 8.55. The van der Waals surface area contributed by atoms with Gasteiger partial charge in [-0.2, -0.15) is 0 Å². The number of hydrogen-bond donors (Lipinski definition) is 2. The molecule has 2 N–H and O–H groups in total. The van der Waals surface area contributed by atoms with Crippen molar-refractivity contribution < 1.29 is 14.9 Å². The number of aryl methyl sites for hydroxylation is 1. The Morgan fingerprint density at radius 3 is 2.12 bits per heavy atom. The van der Waals surface area contributed by atoms with Crippen molar-refractivity contribution in [1.82, 2.24) is 9.13 Å². The molecule has 26 heavy (non-hydrogen) atoms. The molecule has 0 atom stereocenters. The molecule has 0 aliphatic heterocycles. The monoisotopic (exact) mass is 370 g/mol. The Bertz CT molecular complexity index is 587. The second-order valence-corrected chi connectivity index (χ2v) is 8.55. The molecule has 0 bridgehead atoms. The lowest BCUT2D eigenvalue weighted by molar-refractivity contribution is 0.112. The van der Waals surface area contributed by atoms with E-state index in [2.05, 4.69) is 13.8 Å². The first kappa shape index (κ1) is 22.8. The molecule has 6 heteroatoms. The molecule has 1 heterocycles. The van der Waals surface area contributed by atoms with Crippen molar-refractivity contribution in [3.63, 3.8) is 0 Å². The van der Waals surface area contributed by atoms with E-state index < -0.39 is 5.54 Å². The number of rotatable bonds is 13. The number of aliphatic hydroxyl groups is 1. The van der Waals surface area contributed by atoms with E-state index >= 15 is 0 Å². The van der Waals surface area contributed by atoms with Crippen molar-refractivity contribution in [2.75, 3.05) is 19.8 Å². The molecule has 1 rings (SSSR count). The molecule has 0 unspecified atom stereocenters. The number of hydrogen-bond acceptors (Lipinski definition) is 4. The number of ether oxygens (including phenoxy) is 1. The van der Waals surface area contributed by atoms with Crippen molar-refractivity contribution >= 4 is 0 Å². The molecule has 6 nitrogen and oxygen atoms in total. The zero-order valence-corrected chi connectivity index (χ0v) is 17.3. The van der Waals surface area contributed by atoms with Gasteiger partial charge in [0.1, 0.15) is 0 Å². The third-order valence-electron chi connectivity index (χ3n) is 5.03. The van der Waals surface area contributed by atoms with Gasteiger partial charge >= 0.3 is 5.69 Å². The Morgan fingerprint density at radius 1 is 1.04 bits per heavy atom. The fourth-order valence-electron chi connectivity index (χ4n) is 3.14. The van der Waals surface area contributed by atoms with Gasteiger partial charge in [-0.25, -0.2) is 4.79 Å². The molecule has 0 amide bonds. The summed E-state index contributed by atoms with van der Waals surface area (Å²) in [4.78, 5) is 12.3. The van der Waals surface area contributed by atoms with Crippen molar-refractivity contribution in [2.45, 2.75) is 85.2 Å². The van der Waals surface area contributed by atoms with E-state index in [1.165, 1.54) is 15.3 Å². The molecule has 0 saturated carbocycles. The van der Waals surface area contributed by atoms with Crippen LogP contribution in [-0.2, 0) is 16.8 Å². The van der Waals surface area contributed by atoms with Gasteiger partial charge in [-0.05, 0) is 58.3 Å². The highest BCUT2D eigenvalue weighted by Crippen LogP contribution is 2.26. The van der Waals surface area contributed by atoms with Crippen molar-refractivity contribution in [3.05, 3.63) is 16.7 Å². The molecule has 0 spiro atoms.